The van der Waals surface area contributed by atoms with Gasteiger partial charge in [-0.1, -0.05) is 11.6 Å². The highest BCUT2D eigenvalue weighted by molar-refractivity contribution is 7.99. The first-order valence-electron chi connectivity index (χ1n) is 8.00. The number of halogens is 1. The van der Waals surface area contributed by atoms with Gasteiger partial charge < -0.3 is 14.8 Å². The maximum absolute atomic E-state index is 11.8. The molecule has 0 heterocycles. The van der Waals surface area contributed by atoms with E-state index in [1.807, 2.05) is 12.1 Å². The Morgan fingerprint density at radius 2 is 1.70 bits per heavy atom. The molecule has 0 atom stereocenters. The number of amides is 1. The number of hydrogen-bond donors (Lipinski definition) is 1. The first kappa shape index (κ1) is 20.8. The van der Waals surface area contributed by atoms with E-state index in [2.05, 4.69) is 10.1 Å². The van der Waals surface area contributed by atoms with E-state index >= 15 is 0 Å². The number of anilines is 1. The second-order valence-electron chi connectivity index (χ2n) is 5.33. The summed E-state index contributed by atoms with van der Waals surface area (Å²) in [5.41, 5.74) is 0.863. The van der Waals surface area contributed by atoms with Gasteiger partial charge in [0.2, 0.25) is 0 Å². The van der Waals surface area contributed by atoms with Crippen molar-refractivity contribution in [2.24, 2.45) is 0 Å². The summed E-state index contributed by atoms with van der Waals surface area (Å²) in [4.78, 5) is 35.9. The molecule has 1 N–H and O–H groups in total. The van der Waals surface area contributed by atoms with E-state index in [-0.39, 0.29) is 13.0 Å². The van der Waals surface area contributed by atoms with E-state index in [1.54, 1.807) is 24.3 Å². The third-order valence-corrected chi connectivity index (χ3v) is 4.61. The Morgan fingerprint density at radius 1 is 1.04 bits per heavy atom. The number of esters is 2. The number of methoxy groups -OCH3 is 1. The van der Waals surface area contributed by atoms with Crippen molar-refractivity contribution < 1.29 is 23.9 Å². The van der Waals surface area contributed by atoms with E-state index in [4.69, 9.17) is 16.3 Å². The molecule has 0 saturated carbocycles. The Labute approximate surface area is 166 Å². The summed E-state index contributed by atoms with van der Waals surface area (Å²) in [5.74, 6) is -0.831. The second-order valence-corrected chi connectivity index (χ2v) is 6.93. The summed E-state index contributed by atoms with van der Waals surface area (Å²) in [6.45, 7) is -0.372. The minimum Gasteiger partial charge on any atom is -0.465 e. The summed E-state index contributed by atoms with van der Waals surface area (Å²) in [6, 6.07) is 13.5. The predicted molar refractivity (Wildman–Crippen MR) is 104 cm³/mol. The number of thioether (sulfide) groups is 1. The second kappa shape index (κ2) is 10.6. The molecule has 1 amide bonds. The SMILES string of the molecule is COC(=O)c1ccc(NC(=O)COC(=O)CCSc2ccc(Cl)cc2)cc1. The van der Waals surface area contributed by atoms with Gasteiger partial charge in [-0.15, -0.1) is 11.8 Å². The lowest BCUT2D eigenvalue weighted by Crippen LogP contribution is -2.21. The molecule has 0 aliphatic rings. The van der Waals surface area contributed by atoms with Crippen LogP contribution in [0.1, 0.15) is 16.8 Å². The molecule has 2 rings (SSSR count). The van der Waals surface area contributed by atoms with Crippen LogP contribution >= 0.6 is 23.4 Å². The maximum Gasteiger partial charge on any atom is 0.337 e. The summed E-state index contributed by atoms with van der Waals surface area (Å²) in [7, 11) is 1.29. The monoisotopic (exact) mass is 407 g/mol. The van der Waals surface area contributed by atoms with Crippen molar-refractivity contribution in [1.82, 2.24) is 0 Å². The zero-order chi connectivity index (χ0) is 19.6. The van der Waals surface area contributed by atoms with Crippen molar-refractivity contribution in [3.63, 3.8) is 0 Å². The standard InChI is InChI=1S/C19H18ClNO5S/c1-25-19(24)13-2-6-15(7-3-13)21-17(22)12-26-18(23)10-11-27-16-8-4-14(20)5-9-16/h2-9H,10-12H2,1H3,(H,21,22). The Hall–Kier alpha value is -2.51. The van der Waals surface area contributed by atoms with Crippen molar-refractivity contribution in [2.45, 2.75) is 11.3 Å². The molecule has 0 bridgehead atoms. The Balaban J connectivity index is 1.67. The van der Waals surface area contributed by atoms with Crippen LogP contribution in [-0.4, -0.2) is 37.3 Å². The third-order valence-electron chi connectivity index (χ3n) is 3.34. The highest BCUT2D eigenvalue weighted by Crippen LogP contribution is 2.21. The lowest BCUT2D eigenvalue weighted by atomic mass is 10.2. The van der Waals surface area contributed by atoms with Gasteiger partial charge in [0.15, 0.2) is 6.61 Å². The minimum absolute atomic E-state index is 0.189. The third kappa shape index (κ3) is 7.32. The molecule has 2 aromatic carbocycles. The molecule has 8 heteroatoms. The van der Waals surface area contributed by atoms with Crippen LogP contribution in [0.25, 0.3) is 0 Å². The van der Waals surface area contributed by atoms with Gasteiger partial charge in [-0.05, 0) is 48.5 Å². The summed E-state index contributed by atoms with van der Waals surface area (Å²) in [6.07, 6.45) is 0.189. The Kier molecular flexibility index (Phi) is 8.16. The fourth-order valence-electron chi connectivity index (χ4n) is 2.01. The fourth-order valence-corrected chi connectivity index (χ4v) is 2.96. The van der Waals surface area contributed by atoms with E-state index < -0.39 is 17.8 Å². The zero-order valence-electron chi connectivity index (χ0n) is 14.6. The van der Waals surface area contributed by atoms with Crippen LogP contribution in [0.15, 0.2) is 53.4 Å². The zero-order valence-corrected chi connectivity index (χ0v) is 16.1. The van der Waals surface area contributed by atoms with E-state index in [0.717, 1.165) is 4.90 Å². The van der Waals surface area contributed by atoms with E-state index in [9.17, 15) is 14.4 Å². The molecule has 0 fully saturated rings. The summed E-state index contributed by atoms with van der Waals surface area (Å²) in [5, 5.41) is 3.24. The van der Waals surface area contributed by atoms with Crippen LogP contribution < -0.4 is 5.32 Å². The molecule has 0 aromatic heterocycles. The average molecular weight is 408 g/mol. The summed E-state index contributed by atoms with van der Waals surface area (Å²) >= 11 is 7.31. The summed E-state index contributed by atoms with van der Waals surface area (Å²) < 4.78 is 9.55. The first-order chi connectivity index (χ1) is 13.0. The lowest BCUT2D eigenvalue weighted by molar-refractivity contribution is -0.146. The number of ether oxygens (including phenoxy) is 2. The number of carbonyl (C=O) groups excluding carboxylic acids is 3. The van der Waals surface area contributed by atoms with Crippen molar-refractivity contribution in [3.05, 3.63) is 59.1 Å². The first-order valence-corrected chi connectivity index (χ1v) is 9.36. The molecule has 0 spiro atoms. The highest BCUT2D eigenvalue weighted by atomic mass is 35.5. The van der Waals surface area contributed by atoms with E-state index in [0.29, 0.717) is 22.0 Å². The molecule has 0 unspecified atom stereocenters. The topological polar surface area (TPSA) is 81.7 Å². The van der Waals surface area contributed by atoms with Crippen LogP contribution in [-0.2, 0) is 19.1 Å². The number of nitrogens with one attached hydrogen (secondary N) is 1. The van der Waals surface area contributed by atoms with Gasteiger partial charge in [0.25, 0.3) is 5.91 Å². The lowest BCUT2D eigenvalue weighted by Gasteiger charge is -2.07. The van der Waals surface area contributed by atoms with E-state index in [1.165, 1.54) is 31.0 Å². The molecule has 142 valence electrons. The van der Waals surface area contributed by atoms with Crippen molar-refractivity contribution in [1.29, 1.82) is 0 Å². The molecule has 2 aromatic rings. The van der Waals surface area contributed by atoms with Gasteiger partial charge in [-0.3, -0.25) is 9.59 Å². The molecule has 0 aliphatic heterocycles. The van der Waals surface area contributed by atoms with Crippen LogP contribution in [0, 0.1) is 0 Å². The number of rotatable bonds is 8. The number of carbonyl (C=O) groups is 3. The number of benzene rings is 2. The molecule has 0 aliphatic carbocycles. The Bertz CT molecular complexity index is 793. The van der Waals surface area contributed by atoms with Crippen LogP contribution in [0.4, 0.5) is 5.69 Å². The smallest absolute Gasteiger partial charge is 0.337 e. The Morgan fingerprint density at radius 3 is 2.33 bits per heavy atom. The van der Waals surface area contributed by atoms with Gasteiger partial charge in [0, 0.05) is 21.4 Å². The van der Waals surface area contributed by atoms with Gasteiger partial charge in [0.1, 0.15) is 0 Å². The van der Waals surface area contributed by atoms with Gasteiger partial charge in [-0.2, -0.15) is 0 Å². The van der Waals surface area contributed by atoms with Crippen LogP contribution in [0.5, 0.6) is 0 Å². The maximum atomic E-state index is 11.8. The van der Waals surface area contributed by atoms with Crippen molar-refractivity contribution in [3.8, 4) is 0 Å². The van der Waals surface area contributed by atoms with Crippen molar-refractivity contribution >= 4 is 46.9 Å². The number of hydrogen-bond acceptors (Lipinski definition) is 6. The van der Waals surface area contributed by atoms with Gasteiger partial charge >= 0.3 is 11.9 Å². The van der Waals surface area contributed by atoms with Crippen LogP contribution in [0.3, 0.4) is 0 Å². The molecule has 0 radical (unpaired) electrons. The quantitative estimate of drug-likeness (QED) is 0.529. The minimum atomic E-state index is -0.460. The molecular weight excluding hydrogens is 390 g/mol. The van der Waals surface area contributed by atoms with Gasteiger partial charge in [-0.25, -0.2) is 4.79 Å². The molecule has 0 saturated heterocycles. The normalized spacial score (nSPS) is 10.1. The molecule has 6 nitrogen and oxygen atoms in total. The highest BCUT2D eigenvalue weighted by Gasteiger charge is 2.09. The van der Waals surface area contributed by atoms with Gasteiger partial charge in [0.05, 0.1) is 19.1 Å². The molecule has 27 heavy (non-hydrogen) atoms. The largest absolute Gasteiger partial charge is 0.465 e. The fraction of sp³-hybridized carbons (Fsp3) is 0.211. The predicted octanol–water partition coefficient (Wildman–Crippen LogP) is 3.79. The van der Waals surface area contributed by atoms with Crippen molar-refractivity contribution in [2.75, 3.05) is 24.8 Å². The van der Waals surface area contributed by atoms with Crippen LogP contribution in [0.2, 0.25) is 5.02 Å². The molecular formula is C19H18ClNO5S. The average Bonchev–Trinajstić information content (AvgIpc) is 2.68.